The van der Waals surface area contributed by atoms with Crippen LogP contribution in [0, 0.1) is 0 Å². The van der Waals surface area contributed by atoms with Gasteiger partial charge in [-0.05, 0) is 55.8 Å². The highest BCUT2D eigenvalue weighted by Crippen LogP contribution is 2.38. The van der Waals surface area contributed by atoms with Crippen molar-refractivity contribution in [2.45, 2.75) is 32.5 Å². The standard InChI is InChI=1S/C29H28BrClN4O4/c1-17-25(28(37)33-22-11-7-10-21(31)15-22)26(34-29(38)35(17)16-19-8-5-4-6-9-19)23-14-20(30)12-13-24(23)39-18(2)27(36)32-3/h4-15,18,26H,16H2,1-3H3,(H,32,36)(H,33,37)(H,34,38). The molecule has 0 radical (unpaired) electrons. The highest BCUT2D eigenvalue weighted by molar-refractivity contribution is 9.10. The van der Waals surface area contributed by atoms with Crippen LogP contribution in [0.1, 0.15) is 31.0 Å². The molecule has 4 amide bonds. The number of anilines is 1. The van der Waals surface area contributed by atoms with Gasteiger partial charge in [0.25, 0.3) is 11.8 Å². The van der Waals surface area contributed by atoms with Crippen LogP contribution in [0.5, 0.6) is 5.75 Å². The van der Waals surface area contributed by atoms with Crippen LogP contribution in [0.2, 0.25) is 5.02 Å². The molecule has 202 valence electrons. The monoisotopic (exact) mass is 610 g/mol. The largest absolute Gasteiger partial charge is 0.481 e. The quantitative estimate of drug-likeness (QED) is 0.300. The Kier molecular flexibility index (Phi) is 8.93. The number of nitrogens with one attached hydrogen (secondary N) is 3. The molecule has 8 nitrogen and oxygen atoms in total. The third-order valence-electron chi connectivity index (χ3n) is 6.31. The number of carbonyl (C=O) groups is 3. The van der Waals surface area contributed by atoms with Gasteiger partial charge in [0, 0.05) is 33.5 Å². The van der Waals surface area contributed by atoms with E-state index in [1.165, 1.54) is 11.9 Å². The van der Waals surface area contributed by atoms with Crippen molar-refractivity contribution in [1.29, 1.82) is 0 Å². The molecule has 0 fully saturated rings. The van der Waals surface area contributed by atoms with Gasteiger partial charge in [-0.2, -0.15) is 0 Å². The van der Waals surface area contributed by atoms with Gasteiger partial charge in [0.05, 0.1) is 18.2 Å². The van der Waals surface area contributed by atoms with Gasteiger partial charge >= 0.3 is 6.03 Å². The lowest BCUT2D eigenvalue weighted by molar-refractivity contribution is -0.126. The maximum Gasteiger partial charge on any atom is 0.322 e. The number of rotatable bonds is 8. The van der Waals surface area contributed by atoms with Gasteiger partial charge in [0.15, 0.2) is 6.10 Å². The molecule has 1 heterocycles. The molecule has 3 aromatic rings. The van der Waals surface area contributed by atoms with Crippen molar-refractivity contribution in [3.63, 3.8) is 0 Å². The Bertz CT molecular complexity index is 1430. The highest BCUT2D eigenvalue weighted by Gasteiger charge is 2.37. The summed E-state index contributed by atoms with van der Waals surface area (Å²) in [6.45, 7) is 3.64. The molecular formula is C29H28BrClN4O4. The molecule has 39 heavy (non-hydrogen) atoms. The molecule has 4 rings (SSSR count). The Balaban J connectivity index is 1.80. The van der Waals surface area contributed by atoms with Gasteiger partial charge < -0.3 is 20.7 Å². The van der Waals surface area contributed by atoms with Crippen LogP contribution in [-0.2, 0) is 16.1 Å². The van der Waals surface area contributed by atoms with Crippen LogP contribution in [0.3, 0.4) is 0 Å². The second-order valence-electron chi connectivity index (χ2n) is 8.97. The predicted octanol–water partition coefficient (Wildman–Crippen LogP) is 5.80. The number of ether oxygens (including phenoxy) is 1. The predicted molar refractivity (Wildman–Crippen MR) is 154 cm³/mol. The van der Waals surface area contributed by atoms with E-state index in [1.54, 1.807) is 56.3 Å². The first-order chi connectivity index (χ1) is 18.7. The Morgan fingerprint density at radius 3 is 2.54 bits per heavy atom. The van der Waals surface area contributed by atoms with Crippen LogP contribution in [0.25, 0.3) is 0 Å². The molecule has 2 unspecified atom stereocenters. The van der Waals surface area contributed by atoms with Crippen molar-refractivity contribution in [2.75, 3.05) is 12.4 Å². The lowest BCUT2D eigenvalue weighted by Crippen LogP contribution is -2.48. The lowest BCUT2D eigenvalue weighted by Gasteiger charge is -2.36. The molecule has 0 aromatic heterocycles. The van der Waals surface area contributed by atoms with Crippen molar-refractivity contribution >= 4 is 51.1 Å². The molecule has 1 aliphatic rings. The van der Waals surface area contributed by atoms with Crippen LogP contribution in [0.4, 0.5) is 10.5 Å². The van der Waals surface area contributed by atoms with Gasteiger partial charge in [-0.1, -0.05) is 63.9 Å². The maximum absolute atomic E-state index is 13.8. The molecule has 0 bridgehead atoms. The zero-order valence-electron chi connectivity index (χ0n) is 21.6. The lowest BCUT2D eigenvalue weighted by atomic mass is 9.93. The molecule has 0 aliphatic carbocycles. The molecule has 10 heteroatoms. The van der Waals surface area contributed by atoms with Gasteiger partial charge in [0.2, 0.25) is 0 Å². The average molecular weight is 612 g/mol. The summed E-state index contributed by atoms with van der Waals surface area (Å²) in [4.78, 5) is 41.0. The Morgan fingerprint density at radius 2 is 1.85 bits per heavy atom. The maximum atomic E-state index is 13.8. The van der Waals surface area contributed by atoms with Crippen molar-refractivity contribution in [1.82, 2.24) is 15.5 Å². The summed E-state index contributed by atoms with van der Waals surface area (Å²) in [6.07, 6.45) is -0.808. The first-order valence-corrected chi connectivity index (χ1v) is 13.4. The van der Waals surface area contributed by atoms with Crippen molar-refractivity contribution < 1.29 is 19.1 Å². The number of amides is 4. The number of allylic oxidation sites excluding steroid dienone is 1. The molecule has 0 spiro atoms. The number of likely N-dealkylation sites (N-methyl/N-ethyl adjacent to an activating group) is 1. The van der Waals surface area contributed by atoms with Gasteiger partial charge in [-0.25, -0.2) is 4.79 Å². The molecule has 0 saturated carbocycles. The van der Waals surface area contributed by atoms with Crippen molar-refractivity contribution in [3.05, 3.63) is 105 Å². The Hall–Kier alpha value is -3.82. The fraction of sp³-hybridized carbons (Fsp3) is 0.207. The number of urea groups is 1. The number of nitrogens with zero attached hydrogens (tertiary/aromatic N) is 1. The minimum absolute atomic E-state index is 0.273. The van der Waals surface area contributed by atoms with Gasteiger partial charge in [0.1, 0.15) is 5.75 Å². The third-order valence-corrected chi connectivity index (χ3v) is 7.04. The van der Waals surface area contributed by atoms with E-state index in [0.717, 1.165) is 5.56 Å². The zero-order valence-corrected chi connectivity index (χ0v) is 24.0. The van der Waals surface area contributed by atoms with E-state index >= 15 is 0 Å². The first-order valence-electron chi connectivity index (χ1n) is 12.2. The van der Waals surface area contributed by atoms with Crippen LogP contribution in [-0.4, -0.2) is 35.9 Å². The van der Waals surface area contributed by atoms with Crippen LogP contribution in [0.15, 0.2) is 88.5 Å². The Morgan fingerprint density at radius 1 is 1.10 bits per heavy atom. The van der Waals surface area contributed by atoms with Gasteiger partial charge in [-0.15, -0.1) is 0 Å². The SMILES string of the molecule is CNC(=O)C(C)Oc1ccc(Br)cc1C1NC(=O)N(Cc2ccccc2)C(C)=C1C(=O)Nc1cccc(Cl)c1. The summed E-state index contributed by atoms with van der Waals surface area (Å²) in [5, 5.41) is 8.93. The van der Waals surface area contributed by atoms with Crippen LogP contribution < -0.4 is 20.7 Å². The van der Waals surface area contributed by atoms with Gasteiger partial charge in [-0.3, -0.25) is 14.5 Å². The topological polar surface area (TPSA) is 99.8 Å². The minimum Gasteiger partial charge on any atom is -0.481 e. The second-order valence-corrected chi connectivity index (χ2v) is 10.3. The average Bonchev–Trinajstić information content (AvgIpc) is 2.91. The van der Waals surface area contributed by atoms with E-state index in [0.29, 0.717) is 37.8 Å². The summed E-state index contributed by atoms with van der Waals surface area (Å²) in [5.74, 6) is -0.365. The summed E-state index contributed by atoms with van der Waals surface area (Å²) >= 11 is 9.63. The number of carbonyl (C=O) groups excluding carboxylic acids is 3. The van der Waals surface area contributed by atoms with E-state index in [2.05, 4.69) is 31.9 Å². The van der Waals surface area contributed by atoms with E-state index < -0.39 is 18.1 Å². The second kappa shape index (κ2) is 12.4. The molecule has 1 aliphatic heterocycles. The fourth-order valence-corrected chi connectivity index (χ4v) is 4.90. The fourth-order valence-electron chi connectivity index (χ4n) is 4.33. The molecule has 3 aromatic carbocycles. The smallest absolute Gasteiger partial charge is 0.322 e. The van der Waals surface area contributed by atoms with Crippen LogP contribution >= 0.6 is 27.5 Å². The summed E-state index contributed by atoms with van der Waals surface area (Å²) in [7, 11) is 1.53. The first kappa shape index (κ1) is 28.2. The van der Waals surface area contributed by atoms with Crippen molar-refractivity contribution in [2.24, 2.45) is 0 Å². The van der Waals surface area contributed by atoms with E-state index in [4.69, 9.17) is 16.3 Å². The van der Waals surface area contributed by atoms with Crippen molar-refractivity contribution in [3.8, 4) is 5.75 Å². The number of hydrogen-bond acceptors (Lipinski definition) is 4. The highest BCUT2D eigenvalue weighted by atomic mass is 79.9. The van der Waals surface area contributed by atoms with E-state index in [1.807, 2.05) is 30.3 Å². The number of hydrogen-bond donors (Lipinski definition) is 3. The summed E-state index contributed by atoms with van der Waals surface area (Å²) in [5.41, 5.74) is 2.74. The number of benzene rings is 3. The third kappa shape index (κ3) is 6.61. The zero-order chi connectivity index (χ0) is 28.1. The molecule has 2 atom stereocenters. The van der Waals surface area contributed by atoms with E-state index in [9.17, 15) is 14.4 Å². The Labute approximate surface area is 240 Å². The summed E-state index contributed by atoms with van der Waals surface area (Å²) < 4.78 is 6.71. The molecule has 3 N–H and O–H groups in total. The molecule has 0 saturated heterocycles. The number of halogens is 2. The molecular weight excluding hydrogens is 584 g/mol. The minimum atomic E-state index is -0.868. The summed E-state index contributed by atoms with van der Waals surface area (Å²) in [6, 6.07) is 20.3. The van der Waals surface area contributed by atoms with E-state index in [-0.39, 0.29) is 18.5 Å². The normalized spacial score (nSPS) is 15.9.